The largest absolute Gasteiger partial charge is 0.497 e. The Balaban J connectivity index is 1.44. The quantitative estimate of drug-likeness (QED) is 0.576. The van der Waals surface area contributed by atoms with E-state index in [0.717, 1.165) is 26.1 Å². The smallest absolute Gasteiger partial charge is 0.312 e. The van der Waals surface area contributed by atoms with Gasteiger partial charge in [0.25, 0.3) is 5.91 Å². The van der Waals surface area contributed by atoms with E-state index in [1.165, 1.54) is 18.9 Å². The number of pyridine rings is 2. The molecule has 2 atom stereocenters. The van der Waals surface area contributed by atoms with E-state index in [9.17, 15) is 19.8 Å². The third-order valence-electron chi connectivity index (χ3n) is 7.73. The van der Waals surface area contributed by atoms with Crippen LogP contribution < -0.4 is 4.74 Å². The van der Waals surface area contributed by atoms with Crippen molar-refractivity contribution in [1.82, 2.24) is 19.8 Å². The Kier molecular flexibility index (Phi) is 9.65. The molecule has 2 aliphatic heterocycles. The molecule has 4 heterocycles. The van der Waals surface area contributed by atoms with Crippen LogP contribution in [0.1, 0.15) is 54.6 Å². The van der Waals surface area contributed by atoms with Crippen molar-refractivity contribution in [3.05, 3.63) is 54.1 Å². The number of ether oxygens (including phenoxy) is 2. The second kappa shape index (κ2) is 13.1. The summed E-state index contributed by atoms with van der Waals surface area (Å²) in [6, 6.07) is 7.27. The van der Waals surface area contributed by atoms with Crippen LogP contribution in [0.5, 0.6) is 5.75 Å². The van der Waals surface area contributed by atoms with Crippen LogP contribution in [0.15, 0.2) is 42.9 Å². The van der Waals surface area contributed by atoms with Gasteiger partial charge in [-0.2, -0.15) is 0 Å². The van der Waals surface area contributed by atoms with Crippen molar-refractivity contribution in [3.63, 3.8) is 0 Å². The van der Waals surface area contributed by atoms with Gasteiger partial charge in [0.15, 0.2) is 0 Å². The van der Waals surface area contributed by atoms with Crippen molar-refractivity contribution in [3.8, 4) is 5.75 Å². The minimum absolute atomic E-state index is 0.156. The molecule has 2 aromatic heterocycles. The lowest BCUT2D eigenvalue weighted by atomic mass is 9.74. The number of rotatable bonds is 4. The van der Waals surface area contributed by atoms with Gasteiger partial charge < -0.3 is 24.6 Å². The lowest BCUT2D eigenvalue weighted by Crippen LogP contribution is -2.45. The summed E-state index contributed by atoms with van der Waals surface area (Å²) in [6.45, 7) is 2.75. The fraction of sp³-hybridized carbons (Fsp3) is 0.571. The summed E-state index contributed by atoms with van der Waals surface area (Å²) in [5.41, 5.74) is 0.803. The van der Waals surface area contributed by atoms with Crippen molar-refractivity contribution in [2.45, 2.75) is 57.3 Å². The van der Waals surface area contributed by atoms with Crippen molar-refractivity contribution in [1.29, 1.82) is 0 Å². The second-order valence-electron chi connectivity index (χ2n) is 10.3. The number of likely N-dealkylation sites (tertiary alicyclic amines) is 1. The third kappa shape index (κ3) is 7.06. The number of carbonyl (C=O) groups is 2. The van der Waals surface area contributed by atoms with E-state index in [0.29, 0.717) is 38.0 Å². The van der Waals surface area contributed by atoms with Crippen molar-refractivity contribution in [2.24, 2.45) is 5.41 Å². The monoisotopic (exact) mass is 526 g/mol. The highest BCUT2D eigenvalue weighted by atomic mass is 16.5. The summed E-state index contributed by atoms with van der Waals surface area (Å²) in [7, 11) is 1.53. The maximum Gasteiger partial charge on any atom is 0.312 e. The highest BCUT2D eigenvalue weighted by Gasteiger charge is 2.42. The molecule has 0 aliphatic carbocycles. The van der Waals surface area contributed by atoms with Crippen molar-refractivity contribution < 1.29 is 29.3 Å². The zero-order valence-electron chi connectivity index (χ0n) is 22.0. The Morgan fingerprint density at radius 3 is 2.55 bits per heavy atom. The van der Waals surface area contributed by atoms with E-state index < -0.39 is 17.6 Å². The molecule has 2 N–H and O–H groups in total. The van der Waals surface area contributed by atoms with Crippen LogP contribution in [0.4, 0.5) is 0 Å². The predicted molar refractivity (Wildman–Crippen MR) is 139 cm³/mol. The van der Waals surface area contributed by atoms with Gasteiger partial charge >= 0.3 is 5.97 Å². The van der Waals surface area contributed by atoms with Gasteiger partial charge in [0.1, 0.15) is 24.2 Å². The average molecular weight is 527 g/mol. The molecule has 2 aliphatic rings. The number of hydrogen-bond donors (Lipinski definition) is 2. The van der Waals surface area contributed by atoms with E-state index in [4.69, 9.17) is 9.47 Å². The van der Waals surface area contributed by atoms with Crippen LogP contribution in [0.2, 0.25) is 0 Å². The van der Waals surface area contributed by atoms with Crippen molar-refractivity contribution >= 4 is 11.9 Å². The molecule has 38 heavy (non-hydrogen) atoms. The van der Waals surface area contributed by atoms with Gasteiger partial charge in [-0.15, -0.1) is 0 Å². The Hall–Kier alpha value is -3.08. The first-order chi connectivity index (χ1) is 18.4. The Labute approximate surface area is 223 Å². The SMILES string of the molecule is COc1ccnc(C(=O)N2CCCCC3(CCN(Cc4ccncc4)CC3)C(=O)OC[C@@H](O)[C@@H](O)CC2)c1. The summed E-state index contributed by atoms with van der Waals surface area (Å²) in [5.74, 6) is -0.0236. The van der Waals surface area contributed by atoms with Crippen LogP contribution in [0.25, 0.3) is 0 Å². The summed E-state index contributed by atoms with van der Waals surface area (Å²) >= 11 is 0. The summed E-state index contributed by atoms with van der Waals surface area (Å²) in [4.78, 5) is 38.8. The van der Waals surface area contributed by atoms with Gasteiger partial charge in [-0.3, -0.25) is 24.5 Å². The van der Waals surface area contributed by atoms with E-state index in [1.807, 2.05) is 12.1 Å². The van der Waals surface area contributed by atoms with Gasteiger partial charge in [-0.1, -0.05) is 6.42 Å². The van der Waals surface area contributed by atoms with Crippen LogP contribution in [-0.4, -0.2) is 94.0 Å². The summed E-state index contributed by atoms with van der Waals surface area (Å²) < 4.78 is 10.8. The highest BCUT2D eigenvalue weighted by molar-refractivity contribution is 5.92. The number of aliphatic hydroxyl groups is 2. The van der Waals surface area contributed by atoms with Crippen LogP contribution in [-0.2, 0) is 16.1 Å². The molecule has 2 saturated heterocycles. The molecule has 0 saturated carbocycles. The maximum atomic E-state index is 13.3. The molecule has 2 fully saturated rings. The van der Waals surface area contributed by atoms with Gasteiger partial charge in [-0.05, 0) is 69.0 Å². The lowest BCUT2D eigenvalue weighted by molar-refractivity contribution is -0.165. The minimum atomic E-state index is -1.23. The number of piperidine rings is 1. The number of carbonyl (C=O) groups excluding carboxylic acids is 2. The minimum Gasteiger partial charge on any atom is -0.497 e. The molecule has 0 unspecified atom stereocenters. The van der Waals surface area contributed by atoms with Crippen LogP contribution in [0.3, 0.4) is 0 Å². The van der Waals surface area contributed by atoms with E-state index >= 15 is 0 Å². The Morgan fingerprint density at radius 1 is 1.05 bits per heavy atom. The molecule has 10 nitrogen and oxygen atoms in total. The van der Waals surface area contributed by atoms with E-state index in [-0.39, 0.29) is 37.1 Å². The number of nitrogens with zero attached hydrogens (tertiary/aromatic N) is 4. The van der Waals surface area contributed by atoms with E-state index in [2.05, 4.69) is 14.9 Å². The van der Waals surface area contributed by atoms with Gasteiger partial charge in [-0.25, -0.2) is 0 Å². The average Bonchev–Trinajstić information content (AvgIpc) is 2.96. The molecule has 0 radical (unpaired) electrons. The maximum absolute atomic E-state index is 13.3. The first kappa shape index (κ1) is 27.9. The third-order valence-corrected chi connectivity index (χ3v) is 7.73. The van der Waals surface area contributed by atoms with E-state index in [1.54, 1.807) is 29.4 Å². The number of aromatic nitrogens is 2. The summed E-state index contributed by atoms with van der Waals surface area (Å²) in [6.07, 6.45) is 6.31. The Bertz CT molecular complexity index is 1060. The number of aliphatic hydroxyl groups excluding tert-OH is 2. The number of methoxy groups -OCH3 is 1. The fourth-order valence-corrected chi connectivity index (χ4v) is 5.25. The number of esters is 1. The zero-order valence-corrected chi connectivity index (χ0v) is 22.0. The fourth-order valence-electron chi connectivity index (χ4n) is 5.25. The van der Waals surface area contributed by atoms with Gasteiger partial charge in [0, 0.05) is 44.3 Å². The first-order valence-electron chi connectivity index (χ1n) is 13.3. The van der Waals surface area contributed by atoms with Crippen LogP contribution in [0, 0.1) is 5.41 Å². The molecule has 4 rings (SSSR count). The standard InChI is InChI=1S/C28H38N4O6/c1-37-22-6-13-30-23(18-22)26(35)32-14-3-2-8-28(27(36)38-20-25(34)24(33)7-15-32)9-16-31(17-10-28)19-21-4-11-29-12-5-21/h4-6,11-13,18,24-25,33-34H,2-3,7-10,14-17,19-20H2,1H3/t24-,25+/m0/s1. The number of hydrogen-bond acceptors (Lipinski definition) is 9. The molecule has 0 bridgehead atoms. The predicted octanol–water partition coefficient (Wildman–Crippen LogP) is 2.05. The van der Waals surface area contributed by atoms with Gasteiger partial charge in [0.05, 0.1) is 18.6 Å². The topological polar surface area (TPSA) is 125 Å². The molecular formula is C28H38N4O6. The Morgan fingerprint density at radius 2 is 1.82 bits per heavy atom. The first-order valence-corrected chi connectivity index (χ1v) is 13.3. The second-order valence-corrected chi connectivity index (χ2v) is 10.3. The highest BCUT2D eigenvalue weighted by Crippen LogP contribution is 2.38. The number of amides is 1. The molecular weight excluding hydrogens is 488 g/mol. The van der Waals surface area contributed by atoms with Gasteiger partial charge in [0.2, 0.25) is 0 Å². The van der Waals surface area contributed by atoms with Crippen LogP contribution >= 0.6 is 0 Å². The van der Waals surface area contributed by atoms with Crippen molar-refractivity contribution in [2.75, 3.05) is 39.9 Å². The molecule has 1 amide bonds. The molecule has 10 heteroatoms. The lowest BCUT2D eigenvalue weighted by Gasteiger charge is -2.40. The zero-order chi connectivity index (χ0) is 27.0. The normalized spacial score (nSPS) is 23.6. The number of cyclic esters (lactones) is 1. The summed E-state index contributed by atoms with van der Waals surface area (Å²) in [5, 5.41) is 21.0. The molecule has 206 valence electrons. The molecule has 1 spiro atoms. The molecule has 2 aromatic rings. The molecule has 0 aromatic carbocycles.